The van der Waals surface area contributed by atoms with Gasteiger partial charge < -0.3 is 5.73 Å². The first-order chi connectivity index (χ1) is 8.80. The van der Waals surface area contributed by atoms with Crippen molar-refractivity contribution in [1.29, 1.82) is 0 Å². The number of nitrogens with zero attached hydrogens (tertiary/aromatic N) is 1. The van der Waals surface area contributed by atoms with Crippen LogP contribution in [-0.2, 0) is 16.6 Å². The van der Waals surface area contributed by atoms with Crippen LogP contribution in [0.5, 0.6) is 0 Å². The molecule has 0 aromatic heterocycles. The fraction of sp³-hybridized carbons (Fsp3) is 0.571. The summed E-state index contributed by atoms with van der Waals surface area (Å²) >= 11 is 0. The molecule has 0 amide bonds. The maximum absolute atomic E-state index is 12.5. The van der Waals surface area contributed by atoms with E-state index < -0.39 is 10.0 Å². The van der Waals surface area contributed by atoms with Gasteiger partial charge in [-0.25, -0.2) is 12.7 Å². The van der Waals surface area contributed by atoms with Crippen LogP contribution >= 0.6 is 0 Å². The molecule has 0 fully saturated rings. The lowest BCUT2D eigenvalue weighted by molar-refractivity contribution is 0.427. The largest absolute Gasteiger partial charge is 0.326 e. The van der Waals surface area contributed by atoms with Gasteiger partial charge in [-0.05, 0) is 36.5 Å². The molecule has 2 N–H and O–H groups in total. The summed E-state index contributed by atoms with van der Waals surface area (Å²) in [6.45, 7) is 6.87. The molecule has 19 heavy (non-hydrogen) atoms. The average Bonchev–Trinajstić information content (AvgIpc) is 2.35. The summed E-state index contributed by atoms with van der Waals surface area (Å²) in [7, 11) is -1.79. The van der Waals surface area contributed by atoms with E-state index in [4.69, 9.17) is 5.73 Å². The number of rotatable bonds is 6. The Kier molecular flexibility index (Phi) is 5.52. The van der Waals surface area contributed by atoms with Crippen LogP contribution < -0.4 is 5.73 Å². The van der Waals surface area contributed by atoms with Gasteiger partial charge in [0.1, 0.15) is 0 Å². The molecular weight excluding hydrogens is 260 g/mol. The van der Waals surface area contributed by atoms with Gasteiger partial charge in [0, 0.05) is 20.1 Å². The molecule has 0 heterocycles. The number of sulfonamides is 1. The molecule has 0 saturated carbocycles. The second-order valence-corrected chi connectivity index (χ2v) is 7.27. The third-order valence-electron chi connectivity index (χ3n) is 3.33. The maximum Gasteiger partial charge on any atom is 0.243 e. The second kappa shape index (κ2) is 6.50. The van der Waals surface area contributed by atoms with E-state index in [-0.39, 0.29) is 0 Å². The quantitative estimate of drug-likeness (QED) is 0.870. The van der Waals surface area contributed by atoms with Crippen molar-refractivity contribution in [2.24, 2.45) is 11.7 Å². The molecule has 0 aliphatic rings. The van der Waals surface area contributed by atoms with Gasteiger partial charge in [-0.2, -0.15) is 0 Å². The van der Waals surface area contributed by atoms with Crippen molar-refractivity contribution in [2.45, 2.75) is 38.6 Å². The molecule has 1 aromatic carbocycles. The second-order valence-electron chi connectivity index (χ2n) is 5.25. The van der Waals surface area contributed by atoms with Crippen molar-refractivity contribution in [3.63, 3.8) is 0 Å². The lowest BCUT2D eigenvalue weighted by Crippen LogP contribution is -2.29. The summed E-state index contributed by atoms with van der Waals surface area (Å²) in [4.78, 5) is 0.363. The molecule has 4 nitrogen and oxygen atoms in total. The third-order valence-corrected chi connectivity index (χ3v) is 5.33. The zero-order valence-electron chi connectivity index (χ0n) is 12.2. The van der Waals surface area contributed by atoms with Crippen LogP contribution in [0.1, 0.15) is 31.4 Å². The van der Waals surface area contributed by atoms with Crippen molar-refractivity contribution >= 4 is 10.0 Å². The van der Waals surface area contributed by atoms with Crippen LogP contribution in [0.25, 0.3) is 0 Å². The Balaban J connectivity index is 3.06. The number of benzene rings is 1. The molecule has 1 rings (SSSR count). The van der Waals surface area contributed by atoms with Gasteiger partial charge in [0.2, 0.25) is 10.0 Å². The number of hydrogen-bond acceptors (Lipinski definition) is 3. The summed E-state index contributed by atoms with van der Waals surface area (Å²) in [6.07, 6.45) is 0.853. The van der Waals surface area contributed by atoms with Crippen molar-refractivity contribution in [3.05, 3.63) is 29.3 Å². The third kappa shape index (κ3) is 3.78. The minimum atomic E-state index is -3.42. The zero-order valence-corrected chi connectivity index (χ0v) is 13.0. The Morgan fingerprint density at radius 3 is 2.47 bits per heavy atom. The number of hydrogen-bond donors (Lipinski definition) is 1. The highest BCUT2D eigenvalue weighted by Crippen LogP contribution is 2.22. The van der Waals surface area contributed by atoms with Gasteiger partial charge in [-0.3, -0.25) is 0 Å². The van der Waals surface area contributed by atoms with E-state index >= 15 is 0 Å². The van der Waals surface area contributed by atoms with Gasteiger partial charge in [-0.1, -0.05) is 26.0 Å². The summed E-state index contributed by atoms with van der Waals surface area (Å²) < 4.78 is 26.5. The van der Waals surface area contributed by atoms with Gasteiger partial charge >= 0.3 is 0 Å². The van der Waals surface area contributed by atoms with Crippen LogP contribution in [0.4, 0.5) is 0 Å². The zero-order chi connectivity index (χ0) is 14.6. The molecule has 5 heteroatoms. The predicted octanol–water partition coefficient (Wildman–Crippen LogP) is 2.12. The monoisotopic (exact) mass is 284 g/mol. The van der Waals surface area contributed by atoms with Gasteiger partial charge in [0.25, 0.3) is 0 Å². The summed E-state index contributed by atoms with van der Waals surface area (Å²) in [5.41, 5.74) is 7.25. The van der Waals surface area contributed by atoms with E-state index in [1.165, 1.54) is 4.31 Å². The Bertz CT molecular complexity index is 524. The van der Waals surface area contributed by atoms with E-state index in [0.717, 1.165) is 17.5 Å². The number of nitrogens with two attached hydrogens (primary N) is 1. The Labute approximate surface area is 116 Å². The fourth-order valence-corrected chi connectivity index (χ4v) is 3.34. The molecule has 0 bridgehead atoms. The van der Waals surface area contributed by atoms with Crippen molar-refractivity contribution in [3.8, 4) is 0 Å². The molecule has 0 atom stereocenters. The average molecular weight is 284 g/mol. The molecule has 0 saturated heterocycles. The van der Waals surface area contributed by atoms with E-state index in [0.29, 0.717) is 23.9 Å². The molecule has 0 spiro atoms. The molecule has 0 aliphatic carbocycles. The molecule has 108 valence electrons. The van der Waals surface area contributed by atoms with Crippen molar-refractivity contribution in [1.82, 2.24) is 4.31 Å². The Morgan fingerprint density at radius 1 is 1.32 bits per heavy atom. The maximum atomic E-state index is 12.5. The van der Waals surface area contributed by atoms with Gasteiger partial charge in [0.05, 0.1) is 4.90 Å². The standard InChI is InChI=1S/C14H24N2O2S/c1-11(2)8-9-16(4)19(17,18)14-7-5-6-13(10-15)12(14)3/h5-7,11H,8-10,15H2,1-4H3. The molecule has 0 unspecified atom stereocenters. The predicted molar refractivity (Wildman–Crippen MR) is 78.3 cm³/mol. The molecular formula is C14H24N2O2S. The molecule has 0 radical (unpaired) electrons. The minimum absolute atomic E-state index is 0.352. The highest BCUT2D eigenvalue weighted by molar-refractivity contribution is 7.89. The highest BCUT2D eigenvalue weighted by Gasteiger charge is 2.23. The van der Waals surface area contributed by atoms with E-state index in [2.05, 4.69) is 13.8 Å². The van der Waals surface area contributed by atoms with E-state index in [1.807, 2.05) is 13.0 Å². The summed E-state index contributed by atoms with van der Waals surface area (Å²) in [6, 6.07) is 5.26. The SMILES string of the molecule is Cc1c(CN)cccc1S(=O)(=O)N(C)CCC(C)C. The lowest BCUT2D eigenvalue weighted by atomic mass is 10.1. The molecule has 1 aromatic rings. The van der Waals surface area contributed by atoms with Crippen LogP contribution in [0.3, 0.4) is 0 Å². The summed E-state index contributed by atoms with van der Waals surface area (Å²) in [5, 5.41) is 0. The normalized spacial score (nSPS) is 12.4. The van der Waals surface area contributed by atoms with Crippen LogP contribution in [0.15, 0.2) is 23.1 Å². The van der Waals surface area contributed by atoms with Crippen molar-refractivity contribution in [2.75, 3.05) is 13.6 Å². The molecule has 0 aliphatic heterocycles. The van der Waals surface area contributed by atoms with E-state index in [9.17, 15) is 8.42 Å². The summed E-state index contributed by atoms with van der Waals surface area (Å²) in [5.74, 6) is 0.481. The smallest absolute Gasteiger partial charge is 0.243 e. The first-order valence-electron chi connectivity index (χ1n) is 6.55. The first-order valence-corrected chi connectivity index (χ1v) is 7.99. The fourth-order valence-electron chi connectivity index (χ4n) is 1.89. The minimum Gasteiger partial charge on any atom is -0.326 e. The topological polar surface area (TPSA) is 63.4 Å². The van der Waals surface area contributed by atoms with Crippen LogP contribution in [0, 0.1) is 12.8 Å². The van der Waals surface area contributed by atoms with Crippen molar-refractivity contribution < 1.29 is 8.42 Å². The lowest BCUT2D eigenvalue weighted by Gasteiger charge is -2.20. The Morgan fingerprint density at radius 2 is 1.95 bits per heavy atom. The van der Waals surface area contributed by atoms with Gasteiger partial charge in [-0.15, -0.1) is 0 Å². The van der Waals surface area contributed by atoms with E-state index in [1.54, 1.807) is 19.2 Å². The Hall–Kier alpha value is -0.910. The highest BCUT2D eigenvalue weighted by atomic mass is 32.2. The first kappa shape index (κ1) is 16.1. The van der Waals surface area contributed by atoms with Gasteiger partial charge in [0.15, 0.2) is 0 Å². The van der Waals surface area contributed by atoms with Crippen LogP contribution in [0.2, 0.25) is 0 Å². The van der Waals surface area contributed by atoms with Crippen LogP contribution in [-0.4, -0.2) is 26.3 Å².